The van der Waals surface area contributed by atoms with E-state index in [4.69, 9.17) is 4.52 Å². The summed E-state index contributed by atoms with van der Waals surface area (Å²) in [6, 6.07) is 14.3. The number of benzene rings is 2. The fourth-order valence-electron chi connectivity index (χ4n) is 3.81. The first-order valence-corrected chi connectivity index (χ1v) is 11.3. The number of carbonyl (C=O) groups excluding carboxylic acids is 2. The summed E-state index contributed by atoms with van der Waals surface area (Å²) >= 11 is 3.38. The number of nitrogens with one attached hydrogen (secondary N) is 1. The molecule has 1 aliphatic heterocycles. The van der Waals surface area contributed by atoms with Crippen LogP contribution in [0.3, 0.4) is 0 Å². The molecule has 1 aromatic heterocycles. The minimum Gasteiger partial charge on any atom is -0.361 e. The molecule has 3 aromatic rings. The topological polar surface area (TPSA) is 78.7 Å². The number of amides is 2. The molecule has 7 nitrogen and oxygen atoms in total. The van der Waals surface area contributed by atoms with Gasteiger partial charge < -0.3 is 14.7 Å². The Morgan fingerprint density at radius 1 is 1.03 bits per heavy atom. The molecule has 8 heteroatoms. The first kappa shape index (κ1) is 22.2. The summed E-state index contributed by atoms with van der Waals surface area (Å²) < 4.78 is 6.09. The van der Waals surface area contributed by atoms with Crippen LogP contribution in [-0.2, 0) is 6.54 Å². The fourth-order valence-corrected chi connectivity index (χ4v) is 4.21. The third-order valence-electron chi connectivity index (χ3n) is 5.68. The third-order valence-corrected chi connectivity index (χ3v) is 6.17. The summed E-state index contributed by atoms with van der Waals surface area (Å²) in [4.78, 5) is 29.7. The molecule has 1 N–H and O–H groups in total. The Kier molecular flexibility index (Phi) is 6.72. The van der Waals surface area contributed by atoms with Crippen molar-refractivity contribution in [1.29, 1.82) is 0 Å². The van der Waals surface area contributed by atoms with Gasteiger partial charge in [-0.3, -0.25) is 14.5 Å². The Balaban J connectivity index is 1.36. The molecule has 0 unspecified atom stereocenters. The zero-order valence-corrected chi connectivity index (χ0v) is 19.7. The van der Waals surface area contributed by atoms with Crippen LogP contribution in [0.15, 0.2) is 57.5 Å². The lowest BCUT2D eigenvalue weighted by Crippen LogP contribution is -2.48. The molecule has 32 heavy (non-hydrogen) atoms. The lowest BCUT2D eigenvalue weighted by molar-refractivity contribution is 0.0627. The van der Waals surface area contributed by atoms with Crippen LogP contribution in [0.1, 0.15) is 37.7 Å². The van der Waals surface area contributed by atoms with Gasteiger partial charge in [0.05, 0.1) is 5.69 Å². The molecule has 2 heterocycles. The Hall–Kier alpha value is -2.97. The molecule has 166 valence electrons. The maximum absolute atomic E-state index is 13.0. The van der Waals surface area contributed by atoms with E-state index < -0.39 is 0 Å². The van der Waals surface area contributed by atoms with Gasteiger partial charge in [0.15, 0.2) is 0 Å². The van der Waals surface area contributed by atoms with E-state index in [1.165, 1.54) is 0 Å². The number of hydrogen-bond acceptors (Lipinski definition) is 5. The Morgan fingerprint density at radius 2 is 1.75 bits per heavy atom. The number of halogens is 1. The highest BCUT2D eigenvalue weighted by Crippen LogP contribution is 2.19. The van der Waals surface area contributed by atoms with E-state index in [-0.39, 0.29) is 11.8 Å². The molecule has 0 radical (unpaired) electrons. The molecule has 0 aliphatic carbocycles. The number of piperazine rings is 1. The van der Waals surface area contributed by atoms with Crippen LogP contribution in [0.2, 0.25) is 0 Å². The number of anilines is 1. The van der Waals surface area contributed by atoms with Crippen molar-refractivity contribution in [3.8, 4) is 0 Å². The highest BCUT2D eigenvalue weighted by atomic mass is 79.9. The average molecular weight is 497 g/mol. The number of aromatic nitrogens is 1. The van der Waals surface area contributed by atoms with Crippen LogP contribution >= 0.6 is 15.9 Å². The van der Waals surface area contributed by atoms with E-state index in [0.29, 0.717) is 29.9 Å². The molecule has 0 bridgehead atoms. The second-order valence-electron chi connectivity index (χ2n) is 7.92. The molecule has 1 aliphatic rings. The van der Waals surface area contributed by atoms with Gasteiger partial charge in [0.2, 0.25) is 0 Å². The molecular formula is C24H25BrN4O3. The number of rotatable bonds is 5. The van der Waals surface area contributed by atoms with Crippen LogP contribution in [0.4, 0.5) is 5.69 Å². The smallest absolute Gasteiger partial charge is 0.255 e. The Morgan fingerprint density at radius 3 is 2.44 bits per heavy atom. The van der Waals surface area contributed by atoms with Gasteiger partial charge in [-0.1, -0.05) is 33.2 Å². The largest absolute Gasteiger partial charge is 0.361 e. The quantitative estimate of drug-likeness (QED) is 0.570. The van der Waals surface area contributed by atoms with Crippen molar-refractivity contribution < 1.29 is 14.1 Å². The molecule has 0 saturated carbocycles. The summed E-state index contributed by atoms with van der Waals surface area (Å²) in [5, 5.41) is 6.89. The molecular weight excluding hydrogens is 472 g/mol. The summed E-state index contributed by atoms with van der Waals surface area (Å²) in [7, 11) is 0. The Labute approximate surface area is 195 Å². The van der Waals surface area contributed by atoms with Crippen LogP contribution in [0.5, 0.6) is 0 Å². The lowest BCUT2D eigenvalue weighted by Gasteiger charge is -2.34. The second kappa shape index (κ2) is 9.67. The number of carbonyl (C=O) groups is 2. The van der Waals surface area contributed by atoms with Crippen LogP contribution in [0.25, 0.3) is 0 Å². The van der Waals surface area contributed by atoms with Crippen LogP contribution in [0, 0.1) is 13.8 Å². The summed E-state index contributed by atoms with van der Waals surface area (Å²) in [6.45, 7) is 7.53. The Bertz CT molecular complexity index is 1120. The van der Waals surface area contributed by atoms with Gasteiger partial charge in [-0.15, -0.1) is 0 Å². The predicted molar refractivity (Wildman–Crippen MR) is 126 cm³/mol. The zero-order chi connectivity index (χ0) is 22.7. The fraction of sp³-hybridized carbons (Fsp3) is 0.292. The summed E-state index contributed by atoms with van der Waals surface area (Å²) in [6.07, 6.45) is 0. The van der Waals surface area contributed by atoms with Gasteiger partial charge in [-0.2, -0.15) is 0 Å². The van der Waals surface area contributed by atoms with Gasteiger partial charge in [0, 0.05) is 59.6 Å². The molecule has 0 spiro atoms. The minimum atomic E-state index is -0.219. The van der Waals surface area contributed by atoms with Crippen molar-refractivity contribution >= 4 is 33.4 Å². The standard InChI is InChI=1S/C24H25BrN4O3/c1-16-22(17(2)32-27-16)15-28-9-11-29(12-10-28)24(31)19-6-4-8-21(14-19)26-23(30)18-5-3-7-20(25)13-18/h3-8,13-14H,9-12,15H2,1-2H3,(H,26,30). The van der Waals surface area contributed by atoms with Crippen molar-refractivity contribution in [3.05, 3.63) is 81.1 Å². The second-order valence-corrected chi connectivity index (χ2v) is 8.83. The summed E-state index contributed by atoms with van der Waals surface area (Å²) in [5.41, 5.74) is 3.75. The number of hydrogen-bond donors (Lipinski definition) is 1. The highest BCUT2D eigenvalue weighted by molar-refractivity contribution is 9.10. The molecule has 1 saturated heterocycles. The van der Waals surface area contributed by atoms with E-state index >= 15 is 0 Å². The van der Waals surface area contributed by atoms with Gasteiger partial charge in [0.25, 0.3) is 11.8 Å². The highest BCUT2D eigenvalue weighted by Gasteiger charge is 2.24. The maximum atomic E-state index is 13.0. The van der Waals surface area contributed by atoms with Crippen LogP contribution in [-0.4, -0.2) is 52.9 Å². The SMILES string of the molecule is Cc1noc(C)c1CN1CCN(C(=O)c2cccc(NC(=O)c3cccc(Br)c3)c2)CC1. The van der Waals surface area contributed by atoms with Crippen molar-refractivity contribution in [2.45, 2.75) is 20.4 Å². The first-order chi connectivity index (χ1) is 15.4. The van der Waals surface area contributed by atoms with Crippen molar-refractivity contribution in [2.24, 2.45) is 0 Å². The third kappa shape index (κ3) is 5.08. The normalized spacial score (nSPS) is 14.4. The van der Waals surface area contributed by atoms with Gasteiger partial charge >= 0.3 is 0 Å². The average Bonchev–Trinajstić information content (AvgIpc) is 3.11. The van der Waals surface area contributed by atoms with E-state index in [2.05, 4.69) is 31.3 Å². The van der Waals surface area contributed by atoms with Crippen molar-refractivity contribution in [1.82, 2.24) is 15.0 Å². The summed E-state index contributed by atoms with van der Waals surface area (Å²) in [5.74, 6) is 0.604. The van der Waals surface area contributed by atoms with E-state index in [1.807, 2.05) is 30.9 Å². The minimum absolute atomic E-state index is 0.0273. The molecule has 2 amide bonds. The van der Waals surface area contributed by atoms with Crippen molar-refractivity contribution in [2.75, 3.05) is 31.5 Å². The molecule has 0 atom stereocenters. The van der Waals surface area contributed by atoms with E-state index in [9.17, 15) is 9.59 Å². The van der Waals surface area contributed by atoms with Gasteiger partial charge in [-0.25, -0.2) is 0 Å². The molecule has 2 aromatic carbocycles. The molecule has 4 rings (SSSR count). The first-order valence-electron chi connectivity index (χ1n) is 10.5. The van der Waals surface area contributed by atoms with E-state index in [0.717, 1.165) is 41.1 Å². The monoisotopic (exact) mass is 496 g/mol. The maximum Gasteiger partial charge on any atom is 0.255 e. The number of nitrogens with zero attached hydrogens (tertiary/aromatic N) is 3. The van der Waals surface area contributed by atoms with Gasteiger partial charge in [-0.05, 0) is 50.2 Å². The van der Waals surface area contributed by atoms with E-state index in [1.54, 1.807) is 36.4 Å². The lowest BCUT2D eigenvalue weighted by atomic mass is 10.1. The number of aryl methyl sites for hydroxylation is 2. The van der Waals surface area contributed by atoms with Crippen molar-refractivity contribution in [3.63, 3.8) is 0 Å². The van der Waals surface area contributed by atoms with Crippen LogP contribution < -0.4 is 5.32 Å². The zero-order valence-electron chi connectivity index (χ0n) is 18.1. The predicted octanol–water partition coefficient (Wildman–Crippen LogP) is 4.26. The van der Waals surface area contributed by atoms with Gasteiger partial charge in [0.1, 0.15) is 5.76 Å². The molecule has 1 fully saturated rings.